The first-order valence-electron chi connectivity index (χ1n) is 7.29. The normalized spacial score (nSPS) is 24.4. The third-order valence-corrected chi connectivity index (χ3v) is 4.92. The fourth-order valence-corrected chi connectivity index (χ4v) is 3.64. The predicted molar refractivity (Wildman–Crippen MR) is 74.9 cm³/mol. The monoisotopic (exact) mass is 272 g/mol. The lowest BCUT2D eigenvalue weighted by atomic mass is 9.81. The summed E-state index contributed by atoms with van der Waals surface area (Å²) in [5.41, 5.74) is -0.0192. The highest BCUT2D eigenvalue weighted by Crippen LogP contribution is 2.42. The molecule has 1 aliphatic heterocycles. The van der Waals surface area contributed by atoms with Gasteiger partial charge in [-0.15, -0.1) is 11.6 Å². The van der Waals surface area contributed by atoms with Gasteiger partial charge in [0.25, 0.3) is 0 Å². The number of hydrogen-bond acceptors (Lipinski definition) is 2. The van der Waals surface area contributed by atoms with Crippen LogP contribution in [0.15, 0.2) is 0 Å². The first-order chi connectivity index (χ1) is 8.72. The molecule has 0 unspecified atom stereocenters. The molecule has 2 rings (SSSR count). The number of rotatable bonds is 4. The fraction of sp³-hybridized carbons (Fsp3) is 0.929. The maximum absolute atomic E-state index is 12.7. The Morgan fingerprint density at radius 3 is 2.28 bits per heavy atom. The second kappa shape index (κ2) is 6.25. The molecule has 2 aliphatic rings. The molecule has 1 aliphatic carbocycles. The molecule has 1 saturated carbocycles. The van der Waals surface area contributed by atoms with E-state index in [1.165, 1.54) is 12.8 Å². The lowest BCUT2D eigenvalue weighted by Gasteiger charge is -2.39. The summed E-state index contributed by atoms with van der Waals surface area (Å²) in [5, 5.41) is 0. The van der Waals surface area contributed by atoms with E-state index in [0.29, 0.717) is 11.8 Å². The second-order valence-electron chi connectivity index (χ2n) is 5.66. The van der Waals surface area contributed by atoms with Crippen LogP contribution in [0, 0.1) is 5.41 Å². The molecular formula is C14H25ClN2O. The number of piperazine rings is 1. The molecule has 1 amide bonds. The Morgan fingerprint density at radius 1 is 1.17 bits per heavy atom. The van der Waals surface area contributed by atoms with Crippen LogP contribution in [0.1, 0.15) is 39.0 Å². The third-order valence-electron chi connectivity index (χ3n) is 4.75. The molecule has 0 bridgehead atoms. The first kappa shape index (κ1) is 14.1. The zero-order valence-corrected chi connectivity index (χ0v) is 12.2. The second-order valence-corrected chi connectivity index (χ2v) is 6.04. The van der Waals surface area contributed by atoms with E-state index in [2.05, 4.69) is 16.7 Å². The van der Waals surface area contributed by atoms with E-state index >= 15 is 0 Å². The Morgan fingerprint density at radius 2 is 1.78 bits per heavy atom. The highest BCUT2D eigenvalue weighted by atomic mass is 35.5. The molecule has 4 heteroatoms. The van der Waals surface area contributed by atoms with E-state index in [1.807, 2.05) is 0 Å². The maximum Gasteiger partial charge on any atom is 0.228 e. The Kier molecular flexibility index (Phi) is 4.91. The summed E-state index contributed by atoms with van der Waals surface area (Å²) in [6.45, 7) is 6.86. The molecule has 2 fully saturated rings. The number of carbonyl (C=O) groups excluding carboxylic acids is 1. The first-order valence-corrected chi connectivity index (χ1v) is 7.83. The van der Waals surface area contributed by atoms with Crippen molar-refractivity contribution in [2.75, 3.05) is 38.6 Å². The minimum atomic E-state index is -0.0192. The van der Waals surface area contributed by atoms with E-state index in [4.69, 9.17) is 11.6 Å². The maximum atomic E-state index is 12.7. The highest BCUT2D eigenvalue weighted by molar-refractivity contribution is 6.18. The Labute approximate surface area is 115 Å². The van der Waals surface area contributed by atoms with Crippen molar-refractivity contribution < 1.29 is 4.79 Å². The number of carbonyl (C=O) groups is 1. The van der Waals surface area contributed by atoms with Crippen molar-refractivity contribution >= 4 is 17.5 Å². The van der Waals surface area contributed by atoms with Gasteiger partial charge in [-0.2, -0.15) is 0 Å². The summed E-state index contributed by atoms with van der Waals surface area (Å²) in [7, 11) is 0. The fourth-order valence-electron chi connectivity index (χ4n) is 3.40. The van der Waals surface area contributed by atoms with E-state index in [1.54, 1.807) is 0 Å². The van der Waals surface area contributed by atoms with Crippen LogP contribution in [0.4, 0.5) is 0 Å². The molecule has 0 aromatic rings. The van der Waals surface area contributed by atoms with Gasteiger partial charge in [-0.1, -0.05) is 19.8 Å². The van der Waals surface area contributed by atoms with Gasteiger partial charge in [0.1, 0.15) is 0 Å². The van der Waals surface area contributed by atoms with Gasteiger partial charge in [-0.25, -0.2) is 0 Å². The topological polar surface area (TPSA) is 23.6 Å². The molecule has 0 aromatic heterocycles. The molecule has 1 saturated heterocycles. The van der Waals surface area contributed by atoms with Crippen LogP contribution in [0.3, 0.4) is 0 Å². The minimum absolute atomic E-state index is 0.0192. The minimum Gasteiger partial charge on any atom is -0.340 e. The van der Waals surface area contributed by atoms with Gasteiger partial charge >= 0.3 is 0 Å². The van der Waals surface area contributed by atoms with Crippen molar-refractivity contribution in [3.63, 3.8) is 0 Å². The van der Waals surface area contributed by atoms with Gasteiger partial charge in [0.05, 0.1) is 0 Å². The summed E-state index contributed by atoms with van der Waals surface area (Å²) < 4.78 is 0. The van der Waals surface area contributed by atoms with Gasteiger partial charge in [0.15, 0.2) is 0 Å². The van der Waals surface area contributed by atoms with E-state index in [-0.39, 0.29) is 5.41 Å². The number of amides is 1. The predicted octanol–water partition coefficient (Wildman–Crippen LogP) is 2.34. The van der Waals surface area contributed by atoms with Crippen molar-refractivity contribution in [1.82, 2.24) is 9.80 Å². The van der Waals surface area contributed by atoms with Crippen LogP contribution in [-0.2, 0) is 4.79 Å². The van der Waals surface area contributed by atoms with Crippen LogP contribution in [-0.4, -0.2) is 54.3 Å². The molecular weight excluding hydrogens is 248 g/mol. The summed E-state index contributed by atoms with van der Waals surface area (Å²) in [5.74, 6) is 1.11. The number of hydrogen-bond donors (Lipinski definition) is 0. The van der Waals surface area contributed by atoms with Crippen molar-refractivity contribution in [3.05, 3.63) is 0 Å². The summed E-state index contributed by atoms with van der Waals surface area (Å²) in [4.78, 5) is 17.1. The lowest BCUT2D eigenvalue weighted by molar-refractivity contribution is -0.144. The van der Waals surface area contributed by atoms with E-state index in [9.17, 15) is 4.79 Å². The quantitative estimate of drug-likeness (QED) is 0.734. The Balaban J connectivity index is 1.90. The van der Waals surface area contributed by atoms with Gasteiger partial charge in [0, 0.05) is 44.0 Å². The molecule has 0 aromatic carbocycles. The smallest absolute Gasteiger partial charge is 0.228 e. The van der Waals surface area contributed by atoms with Gasteiger partial charge in [0.2, 0.25) is 5.91 Å². The molecule has 3 nitrogen and oxygen atoms in total. The summed E-state index contributed by atoms with van der Waals surface area (Å²) >= 11 is 5.76. The van der Waals surface area contributed by atoms with Gasteiger partial charge < -0.3 is 4.90 Å². The van der Waals surface area contributed by atoms with Crippen molar-refractivity contribution in [1.29, 1.82) is 0 Å². The SMILES string of the molecule is CCC1(C(=O)N2CCN(CCCl)CC2)CCCC1. The summed E-state index contributed by atoms with van der Waals surface area (Å²) in [6, 6.07) is 0. The number of alkyl halides is 1. The Hall–Kier alpha value is -0.280. The average Bonchev–Trinajstić information content (AvgIpc) is 2.89. The van der Waals surface area contributed by atoms with Crippen LogP contribution < -0.4 is 0 Å². The number of nitrogens with zero attached hydrogens (tertiary/aromatic N) is 2. The molecule has 104 valence electrons. The summed E-state index contributed by atoms with van der Waals surface area (Å²) in [6.07, 6.45) is 5.67. The van der Waals surface area contributed by atoms with Crippen LogP contribution >= 0.6 is 11.6 Å². The van der Waals surface area contributed by atoms with E-state index < -0.39 is 0 Å². The molecule has 0 radical (unpaired) electrons. The zero-order chi connectivity index (χ0) is 13.0. The van der Waals surface area contributed by atoms with Crippen molar-refractivity contribution in [2.24, 2.45) is 5.41 Å². The third kappa shape index (κ3) is 2.83. The van der Waals surface area contributed by atoms with Crippen LogP contribution in [0.25, 0.3) is 0 Å². The molecule has 0 atom stereocenters. The average molecular weight is 273 g/mol. The standard InChI is InChI=1S/C14H25ClN2O/c1-2-14(5-3-4-6-14)13(18)17-11-9-16(8-7-15)10-12-17/h2-12H2,1H3. The van der Waals surface area contributed by atoms with Crippen molar-refractivity contribution in [3.8, 4) is 0 Å². The number of halogens is 1. The highest BCUT2D eigenvalue weighted by Gasteiger charge is 2.42. The lowest BCUT2D eigenvalue weighted by Crippen LogP contribution is -2.52. The molecule has 0 N–H and O–H groups in total. The van der Waals surface area contributed by atoms with E-state index in [0.717, 1.165) is 52.0 Å². The zero-order valence-electron chi connectivity index (χ0n) is 11.5. The molecule has 0 spiro atoms. The largest absolute Gasteiger partial charge is 0.340 e. The van der Waals surface area contributed by atoms with Crippen LogP contribution in [0.5, 0.6) is 0 Å². The molecule has 1 heterocycles. The van der Waals surface area contributed by atoms with Crippen molar-refractivity contribution in [2.45, 2.75) is 39.0 Å². The van der Waals surface area contributed by atoms with Gasteiger partial charge in [-0.3, -0.25) is 9.69 Å². The molecule has 18 heavy (non-hydrogen) atoms. The Bertz CT molecular complexity index is 282. The van der Waals surface area contributed by atoms with Crippen LogP contribution in [0.2, 0.25) is 0 Å². The van der Waals surface area contributed by atoms with Gasteiger partial charge in [-0.05, 0) is 19.3 Å².